The smallest absolute Gasteiger partial charge is 0.214 e. The van der Waals surface area contributed by atoms with Gasteiger partial charge in [-0.15, -0.1) is 10.2 Å². The van der Waals surface area contributed by atoms with E-state index in [1.807, 2.05) is 12.3 Å². The van der Waals surface area contributed by atoms with Gasteiger partial charge in [-0.05, 0) is 37.7 Å². The van der Waals surface area contributed by atoms with Gasteiger partial charge >= 0.3 is 0 Å². The Bertz CT molecular complexity index is 1070. The van der Waals surface area contributed by atoms with Crippen LogP contribution in [0.5, 0.6) is 0 Å². The molecule has 0 aliphatic heterocycles. The zero-order chi connectivity index (χ0) is 17.9. The minimum absolute atomic E-state index is 0.0218. The lowest BCUT2D eigenvalue weighted by Gasteiger charge is -2.16. The number of hydrogen-bond donors (Lipinski definition) is 2. The molecule has 138 valence electrons. The number of H-pyrrole nitrogens is 1. The molecule has 8 nitrogen and oxygen atoms in total. The van der Waals surface area contributed by atoms with E-state index in [4.69, 9.17) is 0 Å². The molecule has 5 rings (SSSR count). The SMILES string of the molecule is CC[C@@H]1C[C@H](NS(=O)(=O)C2CC2)C[C@@H]1c1nnc2cnc3[nH]ccc3n12. The minimum atomic E-state index is -3.17. The number of fused-ring (bicyclic) bond motifs is 3. The molecule has 0 bridgehead atoms. The minimum Gasteiger partial charge on any atom is -0.345 e. The van der Waals surface area contributed by atoms with Gasteiger partial charge in [0.2, 0.25) is 10.0 Å². The molecule has 2 saturated carbocycles. The normalized spacial score (nSPS) is 26.9. The Balaban J connectivity index is 1.50. The topological polar surface area (TPSA) is 105 Å². The fraction of sp³-hybridized carbons (Fsp3) is 0.588. The van der Waals surface area contributed by atoms with Crippen molar-refractivity contribution in [1.29, 1.82) is 0 Å². The van der Waals surface area contributed by atoms with Crippen molar-refractivity contribution in [2.75, 3.05) is 0 Å². The highest BCUT2D eigenvalue weighted by molar-refractivity contribution is 7.90. The summed E-state index contributed by atoms with van der Waals surface area (Å²) < 4.78 is 29.7. The number of sulfonamides is 1. The van der Waals surface area contributed by atoms with Crippen molar-refractivity contribution in [1.82, 2.24) is 29.3 Å². The number of aromatic amines is 1. The Morgan fingerprint density at radius 1 is 1.31 bits per heavy atom. The van der Waals surface area contributed by atoms with Gasteiger partial charge in [-0.3, -0.25) is 4.40 Å². The van der Waals surface area contributed by atoms with Crippen LogP contribution in [-0.4, -0.2) is 44.3 Å². The Labute approximate surface area is 151 Å². The predicted octanol–water partition coefficient (Wildman–Crippen LogP) is 1.96. The quantitative estimate of drug-likeness (QED) is 0.710. The van der Waals surface area contributed by atoms with Crippen molar-refractivity contribution in [3.05, 3.63) is 24.3 Å². The van der Waals surface area contributed by atoms with Gasteiger partial charge in [0, 0.05) is 18.2 Å². The van der Waals surface area contributed by atoms with Crippen LogP contribution in [0.25, 0.3) is 16.8 Å². The summed E-state index contributed by atoms with van der Waals surface area (Å²) in [5, 5.41) is 8.58. The van der Waals surface area contributed by atoms with Gasteiger partial charge in [-0.1, -0.05) is 13.3 Å². The van der Waals surface area contributed by atoms with Crippen molar-refractivity contribution in [3.63, 3.8) is 0 Å². The first-order valence-corrected chi connectivity index (χ1v) is 10.8. The van der Waals surface area contributed by atoms with Crippen molar-refractivity contribution < 1.29 is 8.42 Å². The van der Waals surface area contributed by atoms with E-state index in [2.05, 4.69) is 36.2 Å². The fourth-order valence-corrected chi connectivity index (χ4v) is 5.94. The lowest BCUT2D eigenvalue weighted by Crippen LogP contribution is -2.35. The van der Waals surface area contributed by atoms with Gasteiger partial charge in [0.1, 0.15) is 5.82 Å². The van der Waals surface area contributed by atoms with Crippen molar-refractivity contribution in [2.24, 2.45) is 5.92 Å². The van der Waals surface area contributed by atoms with Crippen LogP contribution in [0.1, 0.15) is 50.8 Å². The number of nitrogens with zero attached hydrogens (tertiary/aromatic N) is 4. The molecule has 2 fully saturated rings. The molecule has 0 saturated heterocycles. The van der Waals surface area contributed by atoms with Gasteiger partial charge in [0.15, 0.2) is 11.3 Å². The third-order valence-corrected chi connectivity index (χ3v) is 7.82. The van der Waals surface area contributed by atoms with E-state index in [0.717, 1.165) is 54.7 Å². The molecule has 0 unspecified atom stereocenters. The van der Waals surface area contributed by atoms with Crippen LogP contribution in [0.2, 0.25) is 0 Å². The molecule has 3 atom stereocenters. The highest BCUT2D eigenvalue weighted by atomic mass is 32.2. The Morgan fingerprint density at radius 3 is 2.92 bits per heavy atom. The Kier molecular flexibility index (Phi) is 3.58. The third-order valence-electron chi connectivity index (χ3n) is 5.81. The molecule has 9 heteroatoms. The second-order valence-electron chi connectivity index (χ2n) is 7.53. The van der Waals surface area contributed by atoms with Gasteiger partial charge in [-0.2, -0.15) is 0 Å². The summed E-state index contributed by atoms with van der Waals surface area (Å²) in [6.07, 6.45) is 7.76. The summed E-state index contributed by atoms with van der Waals surface area (Å²) in [5.41, 5.74) is 2.49. The highest BCUT2D eigenvalue weighted by Crippen LogP contribution is 2.42. The van der Waals surface area contributed by atoms with Crippen molar-refractivity contribution in [2.45, 2.75) is 56.2 Å². The molecule has 2 aliphatic carbocycles. The van der Waals surface area contributed by atoms with Crippen LogP contribution in [0.15, 0.2) is 18.5 Å². The molecule has 2 aliphatic rings. The first-order valence-electron chi connectivity index (χ1n) is 9.25. The lowest BCUT2D eigenvalue weighted by molar-refractivity contribution is 0.449. The van der Waals surface area contributed by atoms with Gasteiger partial charge in [-0.25, -0.2) is 18.1 Å². The maximum absolute atomic E-state index is 12.3. The van der Waals surface area contributed by atoms with E-state index < -0.39 is 10.0 Å². The Morgan fingerprint density at radius 2 is 2.15 bits per heavy atom. The van der Waals surface area contributed by atoms with Crippen LogP contribution in [0, 0.1) is 5.92 Å². The largest absolute Gasteiger partial charge is 0.345 e. The average molecular weight is 374 g/mol. The first-order chi connectivity index (χ1) is 12.6. The molecule has 0 amide bonds. The summed E-state index contributed by atoms with van der Waals surface area (Å²) in [6, 6.07) is 1.96. The molecule has 0 radical (unpaired) electrons. The first kappa shape index (κ1) is 16.2. The molecule has 0 aromatic carbocycles. The van der Waals surface area contributed by atoms with E-state index in [1.54, 1.807) is 6.20 Å². The molecule has 3 heterocycles. The second-order valence-corrected chi connectivity index (χ2v) is 9.52. The Hall–Kier alpha value is -2.00. The van der Waals surface area contributed by atoms with Crippen LogP contribution in [-0.2, 0) is 10.0 Å². The summed E-state index contributed by atoms with van der Waals surface area (Å²) in [6.45, 7) is 2.16. The molecular weight excluding hydrogens is 352 g/mol. The molecule has 3 aromatic heterocycles. The van der Waals surface area contributed by atoms with Gasteiger partial charge < -0.3 is 4.98 Å². The standard InChI is InChI=1S/C17H22N6O2S/c1-2-10-7-11(22-26(24,25)12-3-4-12)8-13(10)17-21-20-15-9-19-16-14(23(15)17)5-6-18-16/h5-6,9-13,18,22H,2-4,7-8H2,1H3/t10-,11+,13+/m1/s1. The molecular formula is C17H22N6O2S. The summed E-state index contributed by atoms with van der Waals surface area (Å²) in [7, 11) is -3.17. The van der Waals surface area contributed by atoms with Crippen molar-refractivity contribution >= 4 is 26.8 Å². The zero-order valence-electron chi connectivity index (χ0n) is 14.6. The molecule has 0 spiro atoms. The lowest BCUT2D eigenvalue weighted by atomic mass is 9.93. The van der Waals surface area contributed by atoms with E-state index in [9.17, 15) is 8.42 Å². The average Bonchev–Trinajstić information content (AvgIpc) is 3.06. The predicted molar refractivity (Wildman–Crippen MR) is 97.3 cm³/mol. The summed E-state index contributed by atoms with van der Waals surface area (Å²) in [5.74, 6) is 1.48. The molecule has 3 aromatic rings. The zero-order valence-corrected chi connectivity index (χ0v) is 15.4. The van der Waals surface area contributed by atoms with Gasteiger partial charge in [0.25, 0.3) is 0 Å². The van der Waals surface area contributed by atoms with Crippen LogP contribution < -0.4 is 4.72 Å². The highest BCUT2D eigenvalue weighted by Gasteiger charge is 2.42. The summed E-state index contributed by atoms with van der Waals surface area (Å²) in [4.78, 5) is 7.49. The number of rotatable bonds is 5. The van der Waals surface area contributed by atoms with Crippen LogP contribution in [0.3, 0.4) is 0 Å². The van der Waals surface area contributed by atoms with Crippen molar-refractivity contribution in [3.8, 4) is 0 Å². The molecule has 26 heavy (non-hydrogen) atoms. The number of nitrogens with one attached hydrogen (secondary N) is 2. The maximum atomic E-state index is 12.3. The van der Waals surface area contributed by atoms with E-state index in [0.29, 0.717) is 5.92 Å². The fourth-order valence-electron chi connectivity index (χ4n) is 4.33. The van der Waals surface area contributed by atoms with E-state index >= 15 is 0 Å². The van der Waals surface area contributed by atoms with E-state index in [1.165, 1.54) is 0 Å². The third kappa shape index (κ3) is 2.52. The summed E-state index contributed by atoms with van der Waals surface area (Å²) >= 11 is 0. The molecule has 2 N–H and O–H groups in total. The number of hydrogen-bond acceptors (Lipinski definition) is 5. The number of aromatic nitrogens is 5. The maximum Gasteiger partial charge on any atom is 0.214 e. The van der Waals surface area contributed by atoms with Gasteiger partial charge in [0.05, 0.1) is 17.0 Å². The monoisotopic (exact) mass is 374 g/mol. The second kappa shape index (κ2) is 5.75. The van der Waals surface area contributed by atoms with E-state index in [-0.39, 0.29) is 17.2 Å². The van der Waals surface area contributed by atoms with Crippen LogP contribution >= 0.6 is 0 Å². The van der Waals surface area contributed by atoms with Crippen LogP contribution in [0.4, 0.5) is 0 Å².